The fourth-order valence-electron chi connectivity index (χ4n) is 1.81. The van der Waals surface area contributed by atoms with Gasteiger partial charge < -0.3 is 10.1 Å². The molecule has 1 aromatic heterocycles. The Morgan fingerprint density at radius 3 is 2.58 bits per heavy atom. The van der Waals surface area contributed by atoms with Crippen molar-refractivity contribution in [1.29, 1.82) is 0 Å². The van der Waals surface area contributed by atoms with Crippen molar-refractivity contribution in [1.82, 2.24) is 10.3 Å². The molecule has 0 radical (unpaired) electrons. The Kier molecular flexibility index (Phi) is 4.81. The lowest BCUT2D eigenvalue weighted by Gasteiger charge is -2.16. The molecule has 6 heteroatoms. The van der Waals surface area contributed by atoms with E-state index in [4.69, 9.17) is 0 Å². The number of thiazole rings is 1. The van der Waals surface area contributed by atoms with Gasteiger partial charge in [0.05, 0.1) is 5.51 Å². The third kappa shape index (κ3) is 3.97. The van der Waals surface area contributed by atoms with E-state index < -0.39 is 6.61 Å². The maximum Gasteiger partial charge on any atom is 0.387 e. The van der Waals surface area contributed by atoms with Crippen LogP contribution in [0, 0.1) is 0 Å². The lowest BCUT2D eigenvalue weighted by Crippen LogP contribution is -2.18. The summed E-state index contributed by atoms with van der Waals surface area (Å²) in [6, 6.07) is 6.82. The summed E-state index contributed by atoms with van der Waals surface area (Å²) in [5, 5.41) is 3.21. The van der Waals surface area contributed by atoms with E-state index in [9.17, 15) is 8.78 Å². The van der Waals surface area contributed by atoms with Gasteiger partial charge in [0.25, 0.3) is 0 Å². The van der Waals surface area contributed by atoms with E-state index in [1.807, 2.05) is 13.2 Å². The van der Waals surface area contributed by atoms with Gasteiger partial charge in [-0.25, -0.2) is 0 Å². The topological polar surface area (TPSA) is 34.2 Å². The van der Waals surface area contributed by atoms with Crippen LogP contribution in [-0.4, -0.2) is 18.6 Å². The third-order valence-corrected chi connectivity index (χ3v) is 3.55. The molecule has 0 amide bonds. The van der Waals surface area contributed by atoms with E-state index in [0.29, 0.717) is 0 Å². The largest absolute Gasteiger partial charge is 0.435 e. The van der Waals surface area contributed by atoms with Crippen LogP contribution >= 0.6 is 11.3 Å². The number of aromatic nitrogens is 1. The second-order valence-corrected chi connectivity index (χ2v) is 4.93. The van der Waals surface area contributed by atoms with Crippen molar-refractivity contribution >= 4 is 11.3 Å². The molecule has 3 nitrogen and oxygen atoms in total. The first-order valence-corrected chi connectivity index (χ1v) is 6.66. The number of likely N-dealkylation sites (N-methyl/N-ethyl adjacent to an activating group) is 1. The molecular formula is C13H14F2N2OS. The average molecular weight is 284 g/mol. The van der Waals surface area contributed by atoms with Gasteiger partial charge in [-0.2, -0.15) is 8.78 Å². The van der Waals surface area contributed by atoms with E-state index in [-0.39, 0.29) is 11.8 Å². The van der Waals surface area contributed by atoms with Gasteiger partial charge in [-0.3, -0.25) is 4.98 Å². The number of benzene rings is 1. The molecule has 2 aromatic rings. The summed E-state index contributed by atoms with van der Waals surface area (Å²) in [7, 11) is 1.87. The molecule has 0 fully saturated rings. The molecule has 2 rings (SSSR count). The summed E-state index contributed by atoms with van der Waals surface area (Å²) in [5.74, 6) is 0.173. The number of halogens is 2. The summed E-state index contributed by atoms with van der Waals surface area (Å²) in [4.78, 5) is 5.21. The van der Waals surface area contributed by atoms with Crippen molar-refractivity contribution in [2.45, 2.75) is 19.1 Å². The van der Waals surface area contributed by atoms with Gasteiger partial charge >= 0.3 is 6.61 Å². The van der Waals surface area contributed by atoms with Crippen molar-refractivity contribution in [2.75, 3.05) is 7.05 Å². The molecule has 0 bridgehead atoms. The molecule has 102 valence electrons. The number of ether oxygens (including phenoxy) is 1. The zero-order valence-corrected chi connectivity index (χ0v) is 11.2. The van der Waals surface area contributed by atoms with Crippen LogP contribution in [0.4, 0.5) is 8.78 Å². The van der Waals surface area contributed by atoms with Crippen molar-refractivity contribution in [2.24, 2.45) is 0 Å². The number of alkyl halides is 2. The van der Waals surface area contributed by atoms with Crippen LogP contribution in [0.5, 0.6) is 5.75 Å². The Labute approximate surface area is 114 Å². The van der Waals surface area contributed by atoms with Gasteiger partial charge in [-0.1, -0.05) is 12.1 Å². The minimum atomic E-state index is -2.79. The quantitative estimate of drug-likeness (QED) is 0.884. The van der Waals surface area contributed by atoms with Gasteiger partial charge in [-0.05, 0) is 24.7 Å². The SMILES string of the molecule is CNC(Cc1cncs1)c1ccc(OC(F)F)cc1. The van der Waals surface area contributed by atoms with Crippen LogP contribution < -0.4 is 10.1 Å². The standard InChI is InChI=1S/C13H14F2N2OS/c1-16-12(6-11-7-17-8-19-11)9-2-4-10(5-3-9)18-13(14)15/h2-5,7-8,12-13,16H,6H2,1H3. The van der Waals surface area contributed by atoms with Crippen LogP contribution in [0.3, 0.4) is 0 Å². The van der Waals surface area contributed by atoms with E-state index in [2.05, 4.69) is 15.0 Å². The molecule has 1 N–H and O–H groups in total. The van der Waals surface area contributed by atoms with Gasteiger partial charge in [0.2, 0.25) is 0 Å². The van der Waals surface area contributed by atoms with Crippen LogP contribution in [0.15, 0.2) is 36.0 Å². The predicted octanol–water partition coefficient (Wildman–Crippen LogP) is 3.25. The van der Waals surface area contributed by atoms with Crippen LogP contribution in [-0.2, 0) is 6.42 Å². The van der Waals surface area contributed by atoms with Crippen molar-refractivity contribution in [3.05, 3.63) is 46.4 Å². The predicted molar refractivity (Wildman–Crippen MR) is 70.7 cm³/mol. The molecular weight excluding hydrogens is 270 g/mol. The van der Waals surface area contributed by atoms with Crippen LogP contribution in [0.1, 0.15) is 16.5 Å². The van der Waals surface area contributed by atoms with Gasteiger partial charge in [0, 0.05) is 23.5 Å². The second-order valence-electron chi connectivity index (χ2n) is 3.96. The van der Waals surface area contributed by atoms with Gasteiger partial charge in [0.15, 0.2) is 0 Å². The molecule has 0 aliphatic rings. The highest BCUT2D eigenvalue weighted by Gasteiger charge is 2.12. The minimum Gasteiger partial charge on any atom is -0.435 e. The number of nitrogens with zero attached hydrogens (tertiary/aromatic N) is 1. The van der Waals surface area contributed by atoms with E-state index in [0.717, 1.165) is 12.0 Å². The molecule has 1 unspecified atom stereocenters. The zero-order chi connectivity index (χ0) is 13.7. The number of hydrogen-bond donors (Lipinski definition) is 1. The van der Waals surface area contributed by atoms with E-state index >= 15 is 0 Å². The first-order chi connectivity index (χ1) is 9.19. The summed E-state index contributed by atoms with van der Waals surface area (Å²) < 4.78 is 28.4. The molecule has 0 aliphatic carbocycles. The smallest absolute Gasteiger partial charge is 0.387 e. The molecule has 1 heterocycles. The Morgan fingerprint density at radius 2 is 2.05 bits per heavy atom. The molecule has 0 aliphatic heterocycles. The number of hydrogen-bond acceptors (Lipinski definition) is 4. The molecule has 1 aromatic carbocycles. The Balaban J connectivity index is 2.06. The summed E-state index contributed by atoms with van der Waals surface area (Å²) >= 11 is 1.60. The Bertz CT molecular complexity index is 488. The lowest BCUT2D eigenvalue weighted by molar-refractivity contribution is -0.0498. The summed E-state index contributed by atoms with van der Waals surface area (Å²) in [6.07, 6.45) is 2.65. The van der Waals surface area contributed by atoms with Gasteiger partial charge in [-0.15, -0.1) is 11.3 Å². The molecule has 0 saturated carbocycles. The highest BCUT2D eigenvalue weighted by molar-refractivity contribution is 7.09. The first-order valence-electron chi connectivity index (χ1n) is 5.78. The molecule has 0 saturated heterocycles. The lowest BCUT2D eigenvalue weighted by atomic mass is 10.0. The van der Waals surface area contributed by atoms with Crippen molar-refractivity contribution in [3.63, 3.8) is 0 Å². The van der Waals surface area contributed by atoms with Crippen molar-refractivity contribution in [3.8, 4) is 5.75 Å². The summed E-state index contributed by atoms with van der Waals surface area (Å²) in [6.45, 7) is -2.79. The normalized spacial score (nSPS) is 12.6. The fraction of sp³-hybridized carbons (Fsp3) is 0.308. The molecule has 1 atom stereocenters. The maximum absolute atomic E-state index is 12.1. The van der Waals surface area contributed by atoms with Crippen LogP contribution in [0.25, 0.3) is 0 Å². The van der Waals surface area contributed by atoms with Crippen LogP contribution in [0.2, 0.25) is 0 Å². The Morgan fingerprint density at radius 1 is 1.32 bits per heavy atom. The van der Waals surface area contributed by atoms with E-state index in [1.54, 1.807) is 41.1 Å². The second kappa shape index (κ2) is 6.58. The number of rotatable bonds is 6. The number of nitrogens with one attached hydrogen (secondary N) is 1. The fourth-order valence-corrected chi connectivity index (χ4v) is 2.45. The first kappa shape index (κ1) is 13.9. The average Bonchev–Trinajstić information content (AvgIpc) is 2.89. The van der Waals surface area contributed by atoms with E-state index in [1.165, 1.54) is 4.88 Å². The molecule has 0 spiro atoms. The maximum atomic E-state index is 12.1. The molecule has 19 heavy (non-hydrogen) atoms. The van der Waals surface area contributed by atoms with Gasteiger partial charge in [0.1, 0.15) is 5.75 Å². The Hall–Kier alpha value is -1.53. The van der Waals surface area contributed by atoms with Crippen molar-refractivity contribution < 1.29 is 13.5 Å². The highest BCUT2D eigenvalue weighted by Crippen LogP contribution is 2.23. The monoisotopic (exact) mass is 284 g/mol. The third-order valence-electron chi connectivity index (χ3n) is 2.74. The minimum absolute atomic E-state index is 0.126. The highest BCUT2D eigenvalue weighted by atomic mass is 32.1. The zero-order valence-electron chi connectivity index (χ0n) is 10.3. The summed E-state index contributed by atoms with van der Waals surface area (Å²) in [5.41, 5.74) is 2.82.